The SMILES string of the molecule is CO[Si](O)(CCCCc1cccc(F)c1)OC. The van der Waals surface area contributed by atoms with E-state index in [1.165, 1.54) is 26.4 Å². The van der Waals surface area contributed by atoms with Crippen molar-refractivity contribution >= 4 is 8.80 Å². The van der Waals surface area contributed by atoms with Crippen molar-refractivity contribution in [2.45, 2.75) is 25.3 Å². The van der Waals surface area contributed by atoms with Crippen molar-refractivity contribution in [3.63, 3.8) is 0 Å². The van der Waals surface area contributed by atoms with Gasteiger partial charge in [-0.25, -0.2) is 4.39 Å². The first kappa shape index (κ1) is 14.3. The van der Waals surface area contributed by atoms with Gasteiger partial charge in [-0.3, -0.25) is 0 Å². The van der Waals surface area contributed by atoms with Gasteiger partial charge in [0.1, 0.15) is 5.82 Å². The van der Waals surface area contributed by atoms with Gasteiger partial charge < -0.3 is 13.6 Å². The Balaban J connectivity index is 2.29. The Kier molecular flexibility index (Phi) is 5.77. The van der Waals surface area contributed by atoms with Gasteiger partial charge in [-0.15, -0.1) is 0 Å². The van der Waals surface area contributed by atoms with Crippen molar-refractivity contribution < 1.29 is 18.0 Å². The minimum atomic E-state index is -2.92. The molecule has 1 N–H and O–H groups in total. The van der Waals surface area contributed by atoms with E-state index in [2.05, 4.69) is 0 Å². The Morgan fingerprint density at radius 1 is 1.24 bits per heavy atom. The predicted molar refractivity (Wildman–Crippen MR) is 66.1 cm³/mol. The molecule has 0 amide bonds. The van der Waals surface area contributed by atoms with Crippen LogP contribution in [0.4, 0.5) is 4.39 Å². The highest BCUT2D eigenvalue weighted by atomic mass is 28.4. The molecule has 0 radical (unpaired) electrons. The predicted octanol–water partition coefficient (Wildman–Crippen LogP) is 2.37. The third kappa shape index (κ3) is 4.95. The molecule has 96 valence electrons. The average molecular weight is 258 g/mol. The van der Waals surface area contributed by atoms with E-state index < -0.39 is 8.80 Å². The van der Waals surface area contributed by atoms with E-state index >= 15 is 0 Å². The molecular formula is C12H19FO3Si. The van der Waals surface area contributed by atoms with Gasteiger partial charge >= 0.3 is 8.80 Å². The molecule has 0 aliphatic heterocycles. The van der Waals surface area contributed by atoms with Crippen LogP contribution in [0.3, 0.4) is 0 Å². The van der Waals surface area contributed by atoms with Gasteiger partial charge in [0.25, 0.3) is 0 Å². The van der Waals surface area contributed by atoms with Gasteiger partial charge in [-0.05, 0) is 37.0 Å². The molecule has 0 fully saturated rings. The molecule has 3 nitrogen and oxygen atoms in total. The Morgan fingerprint density at radius 3 is 2.53 bits per heavy atom. The Labute approximate surface area is 103 Å². The zero-order chi connectivity index (χ0) is 12.7. The molecule has 0 unspecified atom stereocenters. The van der Waals surface area contributed by atoms with Gasteiger partial charge in [0, 0.05) is 20.3 Å². The molecule has 0 atom stereocenters. The molecule has 1 aromatic rings. The zero-order valence-corrected chi connectivity index (χ0v) is 11.3. The fraction of sp³-hybridized carbons (Fsp3) is 0.500. The smallest absolute Gasteiger partial charge is 0.390 e. The van der Waals surface area contributed by atoms with Crippen LogP contribution in [0, 0.1) is 5.82 Å². The van der Waals surface area contributed by atoms with E-state index in [1.54, 1.807) is 6.07 Å². The summed E-state index contributed by atoms with van der Waals surface area (Å²) in [5.41, 5.74) is 0.977. The van der Waals surface area contributed by atoms with Crippen LogP contribution in [-0.4, -0.2) is 27.8 Å². The quantitative estimate of drug-likeness (QED) is 0.603. The second-order valence-electron chi connectivity index (χ2n) is 3.96. The van der Waals surface area contributed by atoms with Crippen LogP contribution in [0.1, 0.15) is 18.4 Å². The largest absolute Gasteiger partial charge is 0.497 e. The van der Waals surface area contributed by atoms with Gasteiger partial charge in [-0.2, -0.15) is 0 Å². The van der Waals surface area contributed by atoms with Crippen molar-refractivity contribution in [3.05, 3.63) is 35.6 Å². The van der Waals surface area contributed by atoms with Crippen LogP contribution in [-0.2, 0) is 15.3 Å². The van der Waals surface area contributed by atoms with Crippen molar-refractivity contribution in [2.75, 3.05) is 14.2 Å². The van der Waals surface area contributed by atoms with E-state index in [0.29, 0.717) is 6.04 Å². The van der Waals surface area contributed by atoms with Crippen LogP contribution < -0.4 is 0 Å². The number of unbranched alkanes of at least 4 members (excludes halogenated alkanes) is 1. The van der Waals surface area contributed by atoms with Gasteiger partial charge in [0.15, 0.2) is 0 Å². The summed E-state index contributed by atoms with van der Waals surface area (Å²) < 4.78 is 22.8. The molecule has 0 saturated carbocycles. The lowest BCUT2D eigenvalue weighted by atomic mass is 10.1. The van der Waals surface area contributed by atoms with Gasteiger partial charge in [0.2, 0.25) is 0 Å². The number of aryl methyl sites for hydroxylation is 1. The Hall–Kier alpha value is -0.753. The van der Waals surface area contributed by atoms with Crippen LogP contribution in [0.2, 0.25) is 6.04 Å². The fourth-order valence-corrected chi connectivity index (χ4v) is 2.93. The average Bonchev–Trinajstić information content (AvgIpc) is 2.34. The number of rotatable bonds is 7. The molecule has 0 heterocycles. The number of benzene rings is 1. The first-order chi connectivity index (χ1) is 8.09. The maximum Gasteiger partial charge on any atom is 0.497 e. The van der Waals surface area contributed by atoms with Gasteiger partial charge in [-0.1, -0.05) is 12.1 Å². The summed E-state index contributed by atoms with van der Waals surface area (Å²) >= 11 is 0. The molecule has 0 saturated heterocycles. The maximum atomic E-state index is 12.9. The highest BCUT2D eigenvalue weighted by molar-refractivity contribution is 6.59. The van der Waals surface area contributed by atoms with E-state index in [4.69, 9.17) is 8.85 Å². The lowest BCUT2D eigenvalue weighted by Crippen LogP contribution is -2.39. The highest BCUT2D eigenvalue weighted by Crippen LogP contribution is 2.14. The molecule has 0 aromatic heterocycles. The van der Waals surface area contributed by atoms with Crippen molar-refractivity contribution in [1.29, 1.82) is 0 Å². The molecule has 0 spiro atoms. The summed E-state index contributed by atoms with van der Waals surface area (Å²) in [6.07, 6.45) is 2.49. The summed E-state index contributed by atoms with van der Waals surface area (Å²) in [6, 6.07) is 7.12. The summed E-state index contributed by atoms with van der Waals surface area (Å²) in [5.74, 6) is -0.206. The standard InChI is InChI=1S/C12H19FO3Si/c1-15-17(14,16-2)9-4-3-6-11-7-5-8-12(13)10-11/h5,7-8,10,14H,3-4,6,9H2,1-2H3. The molecule has 5 heteroatoms. The molecule has 0 aliphatic rings. The van der Waals surface area contributed by atoms with Crippen LogP contribution >= 0.6 is 0 Å². The van der Waals surface area contributed by atoms with Crippen LogP contribution in [0.25, 0.3) is 0 Å². The number of hydrogen-bond acceptors (Lipinski definition) is 3. The highest BCUT2D eigenvalue weighted by Gasteiger charge is 2.33. The number of halogens is 1. The summed E-state index contributed by atoms with van der Waals surface area (Å²) in [6.45, 7) is 0. The minimum Gasteiger partial charge on any atom is -0.390 e. The summed E-state index contributed by atoms with van der Waals surface area (Å²) in [4.78, 5) is 9.80. The topological polar surface area (TPSA) is 38.7 Å². The normalized spacial score (nSPS) is 11.8. The second kappa shape index (κ2) is 6.86. The van der Waals surface area contributed by atoms with E-state index in [9.17, 15) is 9.19 Å². The summed E-state index contributed by atoms with van der Waals surface area (Å²) in [7, 11) is 0.000715. The lowest BCUT2D eigenvalue weighted by molar-refractivity contribution is 0.150. The molecule has 17 heavy (non-hydrogen) atoms. The third-order valence-electron chi connectivity index (χ3n) is 2.74. The monoisotopic (exact) mass is 258 g/mol. The molecule has 0 bridgehead atoms. The first-order valence-electron chi connectivity index (χ1n) is 5.67. The first-order valence-corrected chi connectivity index (χ1v) is 7.64. The van der Waals surface area contributed by atoms with E-state index in [-0.39, 0.29) is 5.82 Å². The van der Waals surface area contributed by atoms with Gasteiger partial charge in [0.05, 0.1) is 0 Å². The Morgan fingerprint density at radius 2 is 1.94 bits per heavy atom. The van der Waals surface area contributed by atoms with Crippen molar-refractivity contribution in [1.82, 2.24) is 0 Å². The van der Waals surface area contributed by atoms with E-state index in [0.717, 1.165) is 24.8 Å². The molecule has 1 rings (SSSR count). The fourth-order valence-electron chi connectivity index (χ4n) is 1.66. The number of hydrogen-bond donors (Lipinski definition) is 1. The lowest BCUT2D eigenvalue weighted by Gasteiger charge is -2.19. The molecule has 1 aromatic carbocycles. The van der Waals surface area contributed by atoms with Crippen LogP contribution in [0.5, 0.6) is 0 Å². The third-order valence-corrected chi connectivity index (χ3v) is 5.00. The minimum absolute atomic E-state index is 0.206. The van der Waals surface area contributed by atoms with Crippen molar-refractivity contribution in [3.8, 4) is 0 Å². The second-order valence-corrected chi connectivity index (χ2v) is 6.70. The molecular weight excluding hydrogens is 239 g/mol. The van der Waals surface area contributed by atoms with Crippen LogP contribution in [0.15, 0.2) is 24.3 Å². The van der Waals surface area contributed by atoms with Crippen molar-refractivity contribution in [2.24, 2.45) is 0 Å². The van der Waals surface area contributed by atoms with E-state index in [1.807, 2.05) is 6.07 Å². The summed E-state index contributed by atoms with van der Waals surface area (Å²) in [5, 5.41) is 0. The Bertz CT molecular complexity index is 342. The maximum absolute atomic E-state index is 12.9. The zero-order valence-electron chi connectivity index (χ0n) is 10.3. The molecule has 0 aliphatic carbocycles.